The van der Waals surface area contributed by atoms with E-state index in [-0.39, 0.29) is 17.8 Å². The standard InChI is InChI=1S/C17H19NO2S/c1-20-17(19)16-11-18(9-13-5-3-2-4-6-13)10-15(16)14-7-8-21-12-14/h2-8,12,15-16H,9-11H2,1H3/t15-,16-/m0/s1. The number of esters is 1. The molecule has 3 rings (SSSR count). The number of methoxy groups -OCH3 is 1. The summed E-state index contributed by atoms with van der Waals surface area (Å²) >= 11 is 1.68. The number of carbonyl (C=O) groups excluding carboxylic acids is 1. The van der Waals surface area contributed by atoms with Gasteiger partial charge in [0.2, 0.25) is 0 Å². The van der Waals surface area contributed by atoms with Crippen LogP contribution < -0.4 is 0 Å². The molecule has 0 N–H and O–H groups in total. The lowest BCUT2D eigenvalue weighted by molar-refractivity contribution is -0.145. The van der Waals surface area contributed by atoms with Crippen molar-refractivity contribution in [1.82, 2.24) is 4.90 Å². The smallest absolute Gasteiger partial charge is 0.310 e. The van der Waals surface area contributed by atoms with E-state index in [9.17, 15) is 4.79 Å². The van der Waals surface area contributed by atoms with Gasteiger partial charge in [0.25, 0.3) is 0 Å². The first-order chi connectivity index (χ1) is 10.3. The molecule has 2 aromatic rings. The fourth-order valence-corrected chi connectivity index (χ4v) is 3.79. The SMILES string of the molecule is COC(=O)[C@H]1CN(Cc2ccccc2)C[C@H]1c1ccsc1. The molecule has 1 aliphatic rings. The van der Waals surface area contributed by atoms with Crippen molar-refractivity contribution in [2.45, 2.75) is 12.5 Å². The van der Waals surface area contributed by atoms with Crippen LogP contribution in [0.1, 0.15) is 17.0 Å². The van der Waals surface area contributed by atoms with Gasteiger partial charge in [-0.2, -0.15) is 11.3 Å². The van der Waals surface area contributed by atoms with Gasteiger partial charge in [-0.25, -0.2) is 0 Å². The summed E-state index contributed by atoms with van der Waals surface area (Å²) in [4.78, 5) is 14.4. The molecule has 1 fully saturated rings. The van der Waals surface area contributed by atoms with Crippen molar-refractivity contribution in [3.05, 3.63) is 58.3 Å². The Labute approximate surface area is 129 Å². The molecule has 1 aliphatic heterocycles. The maximum Gasteiger partial charge on any atom is 0.310 e. The maximum atomic E-state index is 12.1. The highest BCUT2D eigenvalue weighted by molar-refractivity contribution is 7.08. The monoisotopic (exact) mass is 301 g/mol. The first kappa shape index (κ1) is 14.3. The van der Waals surface area contributed by atoms with Gasteiger partial charge in [0.15, 0.2) is 0 Å². The molecule has 0 unspecified atom stereocenters. The topological polar surface area (TPSA) is 29.5 Å². The second-order valence-electron chi connectivity index (χ2n) is 5.47. The molecular formula is C17H19NO2S. The Morgan fingerprint density at radius 3 is 2.76 bits per heavy atom. The molecule has 0 radical (unpaired) electrons. The Morgan fingerprint density at radius 1 is 1.29 bits per heavy atom. The highest BCUT2D eigenvalue weighted by Gasteiger charge is 2.39. The number of thiophene rings is 1. The molecule has 110 valence electrons. The molecule has 1 aromatic carbocycles. The molecule has 2 atom stereocenters. The average Bonchev–Trinajstić information content (AvgIpc) is 3.16. The molecule has 0 aliphatic carbocycles. The van der Waals surface area contributed by atoms with E-state index in [2.05, 4.69) is 46.0 Å². The quantitative estimate of drug-likeness (QED) is 0.813. The summed E-state index contributed by atoms with van der Waals surface area (Å²) in [5, 5.41) is 4.22. The Kier molecular flexibility index (Phi) is 4.36. The van der Waals surface area contributed by atoms with E-state index in [1.165, 1.54) is 18.2 Å². The van der Waals surface area contributed by atoms with E-state index in [1.54, 1.807) is 11.3 Å². The molecule has 1 aromatic heterocycles. The number of nitrogens with zero attached hydrogens (tertiary/aromatic N) is 1. The zero-order valence-electron chi connectivity index (χ0n) is 12.1. The lowest BCUT2D eigenvalue weighted by Crippen LogP contribution is -2.24. The Bertz CT molecular complexity index is 582. The largest absolute Gasteiger partial charge is 0.469 e. The highest BCUT2D eigenvalue weighted by atomic mass is 32.1. The van der Waals surface area contributed by atoms with Crippen LogP contribution in [0.25, 0.3) is 0 Å². The van der Waals surface area contributed by atoms with Crippen molar-refractivity contribution in [2.75, 3.05) is 20.2 Å². The molecular weight excluding hydrogens is 282 g/mol. The van der Waals surface area contributed by atoms with Crippen molar-refractivity contribution in [3.63, 3.8) is 0 Å². The lowest BCUT2D eigenvalue weighted by Gasteiger charge is -2.15. The fourth-order valence-electron chi connectivity index (χ4n) is 3.07. The van der Waals surface area contributed by atoms with Gasteiger partial charge in [-0.1, -0.05) is 30.3 Å². The molecule has 4 heteroatoms. The van der Waals surface area contributed by atoms with E-state index in [0.29, 0.717) is 0 Å². The van der Waals surface area contributed by atoms with Crippen molar-refractivity contribution >= 4 is 17.3 Å². The predicted molar refractivity (Wildman–Crippen MR) is 84.3 cm³/mol. The normalized spacial score (nSPS) is 22.3. The minimum absolute atomic E-state index is 0.0617. The van der Waals surface area contributed by atoms with Crippen LogP contribution in [0.2, 0.25) is 0 Å². The van der Waals surface area contributed by atoms with E-state index in [0.717, 1.165) is 19.6 Å². The van der Waals surface area contributed by atoms with E-state index >= 15 is 0 Å². The third-order valence-electron chi connectivity index (χ3n) is 4.12. The summed E-state index contributed by atoms with van der Waals surface area (Å²) in [6.45, 7) is 2.56. The maximum absolute atomic E-state index is 12.1. The zero-order chi connectivity index (χ0) is 14.7. The summed E-state index contributed by atoms with van der Waals surface area (Å²) in [5.74, 6) is 0.0856. The number of benzene rings is 1. The van der Waals surface area contributed by atoms with E-state index < -0.39 is 0 Å². The average molecular weight is 301 g/mol. The third kappa shape index (κ3) is 3.17. The molecule has 0 amide bonds. The number of carbonyl (C=O) groups is 1. The summed E-state index contributed by atoms with van der Waals surface area (Å²) < 4.78 is 5.00. The Balaban J connectivity index is 1.76. The second-order valence-corrected chi connectivity index (χ2v) is 6.25. The summed E-state index contributed by atoms with van der Waals surface area (Å²) in [6, 6.07) is 12.5. The Morgan fingerprint density at radius 2 is 2.10 bits per heavy atom. The fraction of sp³-hybridized carbons (Fsp3) is 0.353. The molecule has 2 heterocycles. The van der Waals surface area contributed by atoms with Gasteiger partial charge in [0, 0.05) is 25.6 Å². The van der Waals surface area contributed by atoms with Crippen molar-refractivity contribution in [2.24, 2.45) is 5.92 Å². The molecule has 0 spiro atoms. The van der Waals surface area contributed by atoms with Crippen LogP contribution in [-0.4, -0.2) is 31.1 Å². The Hall–Kier alpha value is -1.65. The van der Waals surface area contributed by atoms with Gasteiger partial charge in [0.05, 0.1) is 13.0 Å². The zero-order valence-corrected chi connectivity index (χ0v) is 12.9. The van der Waals surface area contributed by atoms with Crippen LogP contribution in [-0.2, 0) is 16.1 Å². The van der Waals surface area contributed by atoms with Gasteiger partial charge in [-0.15, -0.1) is 0 Å². The second kappa shape index (κ2) is 6.41. The number of ether oxygens (including phenoxy) is 1. The number of likely N-dealkylation sites (tertiary alicyclic amines) is 1. The van der Waals surface area contributed by atoms with E-state index in [1.807, 2.05) is 6.07 Å². The van der Waals surface area contributed by atoms with Gasteiger partial charge in [-0.05, 0) is 28.0 Å². The van der Waals surface area contributed by atoms with Crippen LogP contribution in [0.15, 0.2) is 47.2 Å². The highest BCUT2D eigenvalue weighted by Crippen LogP contribution is 2.35. The number of hydrogen-bond donors (Lipinski definition) is 0. The molecule has 1 saturated heterocycles. The molecule has 21 heavy (non-hydrogen) atoms. The van der Waals surface area contributed by atoms with Crippen LogP contribution in [0.4, 0.5) is 0 Å². The summed E-state index contributed by atoms with van der Waals surface area (Å²) in [7, 11) is 1.48. The summed E-state index contributed by atoms with van der Waals surface area (Å²) in [5.41, 5.74) is 2.54. The van der Waals surface area contributed by atoms with Crippen molar-refractivity contribution < 1.29 is 9.53 Å². The predicted octanol–water partition coefficient (Wildman–Crippen LogP) is 3.14. The van der Waals surface area contributed by atoms with Crippen LogP contribution in [0, 0.1) is 5.92 Å². The summed E-state index contributed by atoms with van der Waals surface area (Å²) in [6.07, 6.45) is 0. The first-order valence-electron chi connectivity index (χ1n) is 7.14. The molecule has 0 bridgehead atoms. The number of hydrogen-bond acceptors (Lipinski definition) is 4. The number of rotatable bonds is 4. The van der Waals surface area contributed by atoms with Crippen molar-refractivity contribution in [1.29, 1.82) is 0 Å². The van der Waals surface area contributed by atoms with Crippen LogP contribution in [0.5, 0.6) is 0 Å². The third-order valence-corrected chi connectivity index (χ3v) is 4.82. The minimum atomic E-state index is -0.0956. The van der Waals surface area contributed by atoms with Gasteiger partial charge >= 0.3 is 5.97 Å². The minimum Gasteiger partial charge on any atom is -0.469 e. The lowest BCUT2D eigenvalue weighted by atomic mass is 9.91. The van der Waals surface area contributed by atoms with Crippen molar-refractivity contribution in [3.8, 4) is 0 Å². The molecule has 3 nitrogen and oxygen atoms in total. The van der Waals surface area contributed by atoms with Crippen LogP contribution >= 0.6 is 11.3 Å². The van der Waals surface area contributed by atoms with E-state index in [4.69, 9.17) is 4.74 Å². The van der Waals surface area contributed by atoms with Gasteiger partial charge in [-0.3, -0.25) is 9.69 Å². The molecule has 0 saturated carbocycles. The first-order valence-corrected chi connectivity index (χ1v) is 8.08. The van der Waals surface area contributed by atoms with Crippen LogP contribution in [0.3, 0.4) is 0 Å². The van der Waals surface area contributed by atoms with Gasteiger partial charge in [0.1, 0.15) is 0 Å². The van der Waals surface area contributed by atoms with Gasteiger partial charge < -0.3 is 4.74 Å².